The van der Waals surface area contributed by atoms with E-state index < -0.39 is 0 Å². The number of nitrogen functional groups attached to an aromatic ring is 1. The molecule has 0 unspecified atom stereocenters. The van der Waals surface area contributed by atoms with Crippen LogP contribution in [0, 0.1) is 0 Å². The largest absolute Gasteiger partial charge is 0.472 e. The molecule has 22 heavy (non-hydrogen) atoms. The van der Waals surface area contributed by atoms with E-state index in [1.807, 2.05) is 6.07 Å². The molecule has 7 heteroatoms. The molecule has 0 radical (unpaired) electrons. The molecule has 0 saturated carbocycles. The first kappa shape index (κ1) is 15.4. The Balaban J connectivity index is 1.73. The minimum atomic E-state index is -0.221. The first-order chi connectivity index (χ1) is 10.6. The second-order valence-corrected chi connectivity index (χ2v) is 4.53. The average molecular weight is 302 g/mol. The SMILES string of the molecule is N/C(=N\COc1ccccc1N)NC(=O)CCc1ccoc1. The minimum absolute atomic E-state index is 0.00620. The maximum atomic E-state index is 11.7. The molecule has 116 valence electrons. The van der Waals surface area contributed by atoms with Crippen LogP contribution < -0.4 is 21.5 Å². The number of hydrogen-bond donors (Lipinski definition) is 3. The number of rotatable bonds is 6. The Morgan fingerprint density at radius 3 is 2.86 bits per heavy atom. The van der Waals surface area contributed by atoms with Crippen LogP contribution in [0.25, 0.3) is 0 Å². The number of benzene rings is 1. The van der Waals surface area contributed by atoms with E-state index >= 15 is 0 Å². The number of guanidine groups is 1. The fraction of sp³-hybridized carbons (Fsp3) is 0.200. The lowest BCUT2D eigenvalue weighted by Gasteiger charge is -2.07. The van der Waals surface area contributed by atoms with E-state index in [0.717, 1.165) is 5.56 Å². The predicted octanol–water partition coefficient (Wildman–Crippen LogP) is 1.26. The molecular weight excluding hydrogens is 284 g/mol. The molecule has 0 aliphatic rings. The lowest BCUT2D eigenvalue weighted by atomic mass is 10.2. The number of ether oxygens (including phenoxy) is 1. The van der Waals surface area contributed by atoms with Gasteiger partial charge in [-0.15, -0.1) is 0 Å². The third kappa shape index (κ3) is 4.86. The third-order valence-corrected chi connectivity index (χ3v) is 2.86. The smallest absolute Gasteiger partial charge is 0.226 e. The van der Waals surface area contributed by atoms with Crippen molar-refractivity contribution in [3.05, 3.63) is 48.4 Å². The first-order valence-electron chi connectivity index (χ1n) is 6.73. The number of anilines is 1. The molecule has 0 aliphatic heterocycles. The number of amides is 1. The van der Waals surface area contributed by atoms with Gasteiger partial charge in [0, 0.05) is 6.42 Å². The fourth-order valence-corrected chi connectivity index (χ4v) is 1.72. The molecule has 2 aromatic rings. The lowest BCUT2D eigenvalue weighted by molar-refractivity contribution is -0.119. The molecule has 5 N–H and O–H groups in total. The Morgan fingerprint density at radius 2 is 2.14 bits per heavy atom. The van der Waals surface area contributed by atoms with Gasteiger partial charge in [0.05, 0.1) is 18.2 Å². The molecule has 0 fully saturated rings. The number of para-hydroxylation sites is 2. The minimum Gasteiger partial charge on any atom is -0.472 e. The Hall–Kier alpha value is -2.96. The quantitative estimate of drug-likeness (QED) is 0.422. The number of hydrogen-bond acceptors (Lipinski definition) is 5. The molecular formula is C15H18N4O3. The van der Waals surface area contributed by atoms with Crippen LogP contribution in [-0.2, 0) is 11.2 Å². The Morgan fingerprint density at radius 1 is 1.32 bits per heavy atom. The average Bonchev–Trinajstić information content (AvgIpc) is 3.00. The van der Waals surface area contributed by atoms with Crippen LogP contribution >= 0.6 is 0 Å². The maximum Gasteiger partial charge on any atom is 0.226 e. The van der Waals surface area contributed by atoms with Crippen molar-refractivity contribution in [3.8, 4) is 5.75 Å². The second-order valence-electron chi connectivity index (χ2n) is 4.53. The van der Waals surface area contributed by atoms with Gasteiger partial charge in [-0.2, -0.15) is 0 Å². The van der Waals surface area contributed by atoms with Gasteiger partial charge in [-0.3, -0.25) is 10.1 Å². The van der Waals surface area contributed by atoms with Crippen LogP contribution in [0.4, 0.5) is 5.69 Å². The molecule has 0 spiro atoms. The normalized spacial score (nSPS) is 11.2. The number of aliphatic imine (C=N–C) groups is 1. The Labute approximate surface area is 128 Å². The zero-order valence-corrected chi connectivity index (χ0v) is 12.0. The zero-order chi connectivity index (χ0) is 15.8. The van der Waals surface area contributed by atoms with Gasteiger partial charge in [0.1, 0.15) is 5.75 Å². The molecule has 0 aliphatic carbocycles. The lowest BCUT2D eigenvalue weighted by Crippen LogP contribution is -2.37. The topological polar surface area (TPSA) is 116 Å². The van der Waals surface area contributed by atoms with Crippen molar-refractivity contribution in [2.45, 2.75) is 12.8 Å². The number of furan rings is 1. The molecule has 1 aromatic heterocycles. The van der Waals surface area contributed by atoms with Gasteiger partial charge in [-0.25, -0.2) is 4.99 Å². The summed E-state index contributed by atoms with van der Waals surface area (Å²) >= 11 is 0. The molecule has 7 nitrogen and oxygen atoms in total. The summed E-state index contributed by atoms with van der Waals surface area (Å²) in [7, 11) is 0. The molecule has 0 atom stereocenters. The van der Waals surface area contributed by atoms with Gasteiger partial charge >= 0.3 is 0 Å². The van der Waals surface area contributed by atoms with Crippen molar-refractivity contribution in [2.24, 2.45) is 10.7 Å². The van der Waals surface area contributed by atoms with Crippen LogP contribution in [0.1, 0.15) is 12.0 Å². The standard InChI is InChI=1S/C15H18N4O3/c16-12-3-1-2-4-13(12)22-10-18-15(17)19-14(20)6-5-11-7-8-21-9-11/h1-4,7-9H,5-6,10,16H2,(H3,17,18,19,20). The van der Waals surface area contributed by atoms with Crippen LogP contribution in [0.15, 0.2) is 52.3 Å². The van der Waals surface area contributed by atoms with Crippen LogP contribution in [0.5, 0.6) is 5.75 Å². The van der Waals surface area contributed by atoms with E-state index in [-0.39, 0.29) is 18.6 Å². The van der Waals surface area contributed by atoms with Gasteiger partial charge in [-0.05, 0) is 30.2 Å². The molecule has 1 amide bonds. The summed E-state index contributed by atoms with van der Waals surface area (Å²) in [5.41, 5.74) is 12.8. The third-order valence-electron chi connectivity index (χ3n) is 2.86. The summed E-state index contributed by atoms with van der Waals surface area (Å²) in [6, 6.07) is 8.86. The van der Waals surface area contributed by atoms with Gasteiger partial charge in [-0.1, -0.05) is 12.1 Å². The van der Waals surface area contributed by atoms with E-state index in [9.17, 15) is 4.79 Å². The van der Waals surface area contributed by atoms with Crippen molar-refractivity contribution in [3.63, 3.8) is 0 Å². The summed E-state index contributed by atoms with van der Waals surface area (Å²) in [4.78, 5) is 15.6. The highest BCUT2D eigenvalue weighted by atomic mass is 16.5. The summed E-state index contributed by atoms with van der Waals surface area (Å²) in [5.74, 6) is 0.304. The highest BCUT2D eigenvalue weighted by Crippen LogP contribution is 2.19. The molecule has 1 aromatic carbocycles. The Bertz CT molecular complexity index is 638. The van der Waals surface area contributed by atoms with Crippen molar-refractivity contribution in [1.29, 1.82) is 0 Å². The zero-order valence-electron chi connectivity index (χ0n) is 12.0. The molecule has 2 rings (SSSR count). The second kappa shape index (κ2) is 7.72. The van der Waals surface area contributed by atoms with E-state index in [1.165, 1.54) is 0 Å². The number of aryl methyl sites for hydroxylation is 1. The number of nitrogens with two attached hydrogens (primary N) is 2. The molecule has 0 bridgehead atoms. The van der Waals surface area contributed by atoms with Crippen molar-refractivity contribution in [2.75, 3.05) is 12.5 Å². The van der Waals surface area contributed by atoms with Crippen LogP contribution in [0.2, 0.25) is 0 Å². The maximum absolute atomic E-state index is 11.7. The van der Waals surface area contributed by atoms with Gasteiger partial charge in [0.15, 0.2) is 12.7 Å². The van der Waals surface area contributed by atoms with Gasteiger partial charge in [0.25, 0.3) is 0 Å². The number of carbonyl (C=O) groups is 1. The number of nitrogens with zero attached hydrogens (tertiary/aromatic N) is 1. The monoisotopic (exact) mass is 302 g/mol. The van der Waals surface area contributed by atoms with Crippen molar-refractivity contribution in [1.82, 2.24) is 5.32 Å². The Kier molecular flexibility index (Phi) is 5.42. The molecule has 1 heterocycles. The van der Waals surface area contributed by atoms with Crippen molar-refractivity contribution >= 4 is 17.6 Å². The highest BCUT2D eigenvalue weighted by molar-refractivity contribution is 5.96. The fourth-order valence-electron chi connectivity index (χ4n) is 1.72. The summed E-state index contributed by atoms with van der Waals surface area (Å²) < 4.78 is 10.3. The predicted molar refractivity (Wildman–Crippen MR) is 83.1 cm³/mol. The number of nitrogens with one attached hydrogen (secondary N) is 1. The summed E-state index contributed by atoms with van der Waals surface area (Å²) in [6.07, 6.45) is 4.04. The van der Waals surface area contributed by atoms with Gasteiger partial charge < -0.3 is 20.6 Å². The highest BCUT2D eigenvalue weighted by Gasteiger charge is 2.05. The van der Waals surface area contributed by atoms with E-state index in [2.05, 4.69) is 10.3 Å². The van der Waals surface area contributed by atoms with Gasteiger partial charge in [0.2, 0.25) is 5.91 Å². The number of carbonyl (C=O) groups excluding carboxylic acids is 1. The van der Waals surface area contributed by atoms with Crippen molar-refractivity contribution < 1.29 is 13.9 Å². The summed E-state index contributed by atoms with van der Waals surface area (Å²) in [5, 5.41) is 2.49. The molecule has 0 saturated heterocycles. The van der Waals surface area contributed by atoms with E-state index in [0.29, 0.717) is 24.3 Å². The van der Waals surface area contributed by atoms with E-state index in [4.69, 9.17) is 20.6 Å². The van der Waals surface area contributed by atoms with E-state index in [1.54, 1.807) is 36.8 Å². The van der Waals surface area contributed by atoms with Crippen LogP contribution in [0.3, 0.4) is 0 Å². The summed E-state index contributed by atoms with van der Waals surface area (Å²) in [6.45, 7) is -0.0257. The van der Waals surface area contributed by atoms with Crippen LogP contribution in [-0.4, -0.2) is 18.6 Å². The first-order valence-corrected chi connectivity index (χ1v) is 6.73.